The monoisotopic (exact) mass is 397 g/mol. The van der Waals surface area contributed by atoms with E-state index in [-0.39, 0.29) is 17.2 Å². The Hall–Kier alpha value is -2.09. The second-order valence-electron chi connectivity index (χ2n) is 6.15. The molecule has 6 nitrogen and oxygen atoms in total. The normalized spacial score (nSPS) is 12.8. The molecule has 2 rings (SSSR count). The van der Waals surface area contributed by atoms with Gasteiger partial charge in [-0.15, -0.1) is 0 Å². The number of para-hydroxylation sites is 1. The van der Waals surface area contributed by atoms with Crippen molar-refractivity contribution in [2.24, 2.45) is 5.92 Å². The van der Waals surface area contributed by atoms with Crippen molar-refractivity contribution in [2.45, 2.75) is 31.2 Å². The minimum absolute atomic E-state index is 0.0326. The Bertz CT molecular complexity index is 865. The summed E-state index contributed by atoms with van der Waals surface area (Å²) in [7, 11) is -3.96. The molecule has 140 valence electrons. The molecule has 0 bridgehead atoms. The lowest BCUT2D eigenvalue weighted by Gasteiger charge is -2.16. The van der Waals surface area contributed by atoms with Crippen molar-refractivity contribution in [3.05, 3.63) is 53.6 Å². The third-order valence-corrected chi connectivity index (χ3v) is 5.30. The molecule has 0 saturated heterocycles. The van der Waals surface area contributed by atoms with Gasteiger partial charge in [-0.25, -0.2) is 8.42 Å². The highest BCUT2D eigenvalue weighted by atomic mass is 35.5. The van der Waals surface area contributed by atoms with E-state index in [0.29, 0.717) is 16.5 Å². The number of hydrogen-bond donors (Lipinski definition) is 2. The lowest BCUT2D eigenvalue weighted by molar-refractivity contribution is -0.139. The molecule has 0 aromatic heterocycles. The molecule has 0 unspecified atom stereocenters. The summed E-state index contributed by atoms with van der Waals surface area (Å²) in [5.41, 5.74) is 0. The smallest absolute Gasteiger partial charge is 0.321 e. The second kappa shape index (κ2) is 8.53. The highest BCUT2D eigenvalue weighted by Crippen LogP contribution is 2.29. The molecule has 8 heteroatoms. The molecule has 2 N–H and O–H groups in total. The fourth-order valence-corrected chi connectivity index (χ4v) is 3.64. The van der Waals surface area contributed by atoms with Crippen molar-refractivity contribution in [3.8, 4) is 11.5 Å². The molecule has 0 saturated carbocycles. The van der Waals surface area contributed by atoms with Crippen LogP contribution in [-0.4, -0.2) is 25.5 Å². The maximum absolute atomic E-state index is 12.4. The fraction of sp³-hybridized carbons (Fsp3) is 0.278. The van der Waals surface area contributed by atoms with E-state index in [1.807, 2.05) is 13.8 Å². The van der Waals surface area contributed by atoms with Gasteiger partial charge < -0.3 is 9.84 Å². The molecule has 0 amide bonds. The second-order valence-corrected chi connectivity index (χ2v) is 8.27. The molecule has 0 aliphatic rings. The van der Waals surface area contributed by atoms with Crippen LogP contribution in [0.4, 0.5) is 0 Å². The number of hydrogen-bond acceptors (Lipinski definition) is 4. The topological polar surface area (TPSA) is 92.7 Å². The Morgan fingerprint density at radius 2 is 1.77 bits per heavy atom. The maximum Gasteiger partial charge on any atom is 0.321 e. The standard InChI is InChI=1S/C18H20ClNO5S/c1-12(2)11-16(18(21)22)20-26(23,24)14-9-7-13(8-10-14)25-17-6-4-3-5-15(17)19/h3-10,12,16,20H,11H2,1-2H3,(H,21,22)/t16-/m1/s1. The van der Waals surface area contributed by atoms with E-state index in [4.69, 9.17) is 16.3 Å². The summed E-state index contributed by atoms with van der Waals surface area (Å²) in [6.45, 7) is 3.65. The summed E-state index contributed by atoms with van der Waals surface area (Å²) >= 11 is 6.02. The number of nitrogens with one attached hydrogen (secondary N) is 1. The van der Waals surface area contributed by atoms with E-state index in [0.717, 1.165) is 0 Å². The Morgan fingerprint density at radius 3 is 2.31 bits per heavy atom. The Labute approximate surface area is 157 Å². The van der Waals surface area contributed by atoms with E-state index >= 15 is 0 Å². The van der Waals surface area contributed by atoms with E-state index < -0.39 is 22.0 Å². The Kier molecular flexibility index (Phi) is 6.63. The zero-order valence-corrected chi connectivity index (χ0v) is 15.9. The zero-order valence-electron chi connectivity index (χ0n) is 14.3. The third kappa shape index (κ3) is 5.45. The summed E-state index contributed by atoms with van der Waals surface area (Å²) in [5, 5.41) is 9.64. The summed E-state index contributed by atoms with van der Waals surface area (Å²) in [4.78, 5) is 11.2. The van der Waals surface area contributed by atoms with Crippen LogP contribution in [0.25, 0.3) is 0 Å². The van der Waals surface area contributed by atoms with Crippen LogP contribution in [0.2, 0.25) is 5.02 Å². The molecule has 0 radical (unpaired) electrons. The Morgan fingerprint density at radius 1 is 1.15 bits per heavy atom. The first-order valence-electron chi connectivity index (χ1n) is 7.96. The van der Waals surface area contributed by atoms with Gasteiger partial charge in [0, 0.05) is 0 Å². The largest absolute Gasteiger partial charge is 0.480 e. The van der Waals surface area contributed by atoms with Gasteiger partial charge in [-0.05, 0) is 48.7 Å². The summed E-state index contributed by atoms with van der Waals surface area (Å²) in [5.74, 6) is -0.314. The third-order valence-electron chi connectivity index (χ3n) is 3.50. The average molecular weight is 398 g/mol. The van der Waals surface area contributed by atoms with Gasteiger partial charge in [0.25, 0.3) is 0 Å². The van der Waals surface area contributed by atoms with Crippen molar-refractivity contribution in [2.75, 3.05) is 0 Å². The fourth-order valence-electron chi connectivity index (χ4n) is 2.27. The first-order chi connectivity index (χ1) is 12.2. The number of halogens is 1. The van der Waals surface area contributed by atoms with E-state index in [1.165, 1.54) is 24.3 Å². The summed E-state index contributed by atoms with van der Waals surface area (Å²) < 4.78 is 32.7. The molecule has 2 aromatic carbocycles. The van der Waals surface area contributed by atoms with Gasteiger partial charge in [-0.1, -0.05) is 37.6 Å². The minimum atomic E-state index is -3.96. The van der Waals surface area contributed by atoms with Crippen LogP contribution >= 0.6 is 11.6 Å². The minimum Gasteiger partial charge on any atom is -0.480 e. The van der Waals surface area contributed by atoms with Crippen molar-refractivity contribution >= 4 is 27.6 Å². The molecular formula is C18H20ClNO5S. The van der Waals surface area contributed by atoms with Gasteiger partial charge in [0.2, 0.25) is 10.0 Å². The molecule has 0 aliphatic heterocycles. The number of ether oxygens (including phenoxy) is 1. The van der Waals surface area contributed by atoms with Gasteiger partial charge in [0.05, 0.1) is 9.92 Å². The number of sulfonamides is 1. The molecule has 0 aliphatic carbocycles. The molecular weight excluding hydrogens is 378 g/mol. The quantitative estimate of drug-likeness (QED) is 0.704. The SMILES string of the molecule is CC(C)C[C@@H](NS(=O)(=O)c1ccc(Oc2ccccc2Cl)cc1)C(=O)O. The summed E-state index contributed by atoms with van der Waals surface area (Å²) in [6.07, 6.45) is 0.197. The number of carbonyl (C=O) groups is 1. The van der Waals surface area contributed by atoms with Crippen molar-refractivity contribution in [1.82, 2.24) is 4.72 Å². The van der Waals surface area contributed by atoms with Gasteiger partial charge in [-0.3, -0.25) is 4.79 Å². The zero-order chi connectivity index (χ0) is 19.3. The molecule has 0 heterocycles. The van der Waals surface area contributed by atoms with Gasteiger partial charge in [0.15, 0.2) is 0 Å². The van der Waals surface area contributed by atoms with Crippen LogP contribution in [0.15, 0.2) is 53.4 Å². The summed E-state index contributed by atoms with van der Waals surface area (Å²) in [6, 6.07) is 11.4. The van der Waals surface area contributed by atoms with Crippen LogP contribution in [0.5, 0.6) is 11.5 Å². The van der Waals surface area contributed by atoms with Crippen LogP contribution in [0.1, 0.15) is 20.3 Å². The average Bonchev–Trinajstić information content (AvgIpc) is 2.56. The lowest BCUT2D eigenvalue weighted by atomic mass is 10.1. The Balaban J connectivity index is 2.15. The first-order valence-corrected chi connectivity index (χ1v) is 9.82. The van der Waals surface area contributed by atoms with E-state index in [9.17, 15) is 18.3 Å². The first kappa shape index (κ1) is 20.2. The van der Waals surface area contributed by atoms with Crippen molar-refractivity contribution < 1.29 is 23.1 Å². The van der Waals surface area contributed by atoms with Crippen molar-refractivity contribution in [3.63, 3.8) is 0 Å². The highest BCUT2D eigenvalue weighted by Gasteiger charge is 2.26. The molecule has 0 fully saturated rings. The lowest BCUT2D eigenvalue weighted by Crippen LogP contribution is -2.41. The van der Waals surface area contributed by atoms with Crippen LogP contribution in [0.3, 0.4) is 0 Å². The van der Waals surface area contributed by atoms with Crippen LogP contribution in [-0.2, 0) is 14.8 Å². The number of carboxylic acid groups (broad SMARTS) is 1. The molecule has 26 heavy (non-hydrogen) atoms. The van der Waals surface area contributed by atoms with Crippen molar-refractivity contribution in [1.29, 1.82) is 0 Å². The number of rotatable bonds is 8. The van der Waals surface area contributed by atoms with Gasteiger partial charge >= 0.3 is 5.97 Å². The van der Waals surface area contributed by atoms with Crippen LogP contribution in [0, 0.1) is 5.92 Å². The number of carboxylic acids is 1. The molecule has 0 spiro atoms. The van der Waals surface area contributed by atoms with E-state index in [1.54, 1.807) is 24.3 Å². The van der Waals surface area contributed by atoms with Gasteiger partial charge in [-0.2, -0.15) is 4.72 Å². The van der Waals surface area contributed by atoms with Crippen LogP contribution < -0.4 is 9.46 Å². The molecule has 2 aromatic rings. The predicted molar refractivity (Wildman–Crippen MR) is 99.2 cm³/mol. The maximum atomic E-state index is 12.4. The number of aliphatic carboxylic acids is 1. The van der Waals surface area contributed by atoms with E-state index in [2.05, 4.69) is 4.72 Å². The van der Waals surface area contributed by atoms with Gasteiger partial charge in [0.1, 0.15) is 17.5 Å². The predicted octanol–water partition coefficient (Wildman–Crippen LogP) is 3.91. The number of benzene rings is 2. The molecule has 1 atom stereocenters. The highest BCUT2D eigenvalue weighted by molar-refractivity contribution is 7.89.